The van der Waals surface area contributed by atoms with Gasteiger partial charge in [0.25, 0.3) is 5.91 Å². The number of hydrazone groups is 1. The lowest BCUT2D eigenvalue weighted by Gasteiger charge is -2.44. The summed E-state index contributed by atoms with van der Waals surface area (Å²) in [5.41, 5.74) is 5.92. The number of allylic oxidation sites excluding steroid dienone is 1. The number of carbonyl (C=O) groups excluding carboxylic acids is 3. The zero-order valence-electron chi connectivity index (χ0n) is 25.7. The van der Waals surface area contributed by atoms with Crippen molar-refractivity contribution in [2.75, 3.05) is 56.3 Å². The predicted octanol–water partition coefficient (Wildman–Crippen LogP) is 3.78. The van der Waals surface area contributed by atoms with Crippen molar-refractivity contribution in [1.82, 2.24) is 14.7 Å². The van der Waals surface area contributed by atoms with Crippen molar-refractivity contribution in [3.63, 3.8) is 0 Å². The van der Waals surface area contributed by atoms with Gasteiger partial charge in [-0.3, -0.25) is 9.59 Å². The molecule has 13 heteroatoms. The molecule has 2 N–H and O–H groups in total. The largest absolute Gasteiger partial charge is 0.444 e. The van der Waals surface area contributed by atoms with E-state index in [-0.39, 0.29) is 47.3 Å². The van der Waals surface area contributed by atoms with Crippen LogP contribution in [0, 0.1) is 17.7 Å². The smallest absolute Gasteiger partial charge is 0.410 e. The lowest BCUT2D eigenvalue weighted by atomic mass is 9.91. The summed E-state index contributed by atoms with van der Waals surface area (Å²) in [5.74, 6) is -1.68. The van der Waals surface area contributed by atoms with Crippen LogP contribution < -0.4 is 10.7 Å². The van der Waals surface area contributed by atoms with E-state index in [4.69, 9.17) is 15.2 Å². The van der Waals surface area contributed by atoms with Gasteiger partial charge in [-0.1, -0.05) is 41.9 Å². The first-order valence-corrected chi connectivity index (χ1v) is 15.6. The molecule has 0 unspecified atom stereocenters. The lowest BCUT2D eigenvalue weighted by molar-refractivity contribution is -0.144. The van der Waals surface area contributed by atoms with Gasteiger partial charge in [-0.2, -0.15) is 5.10 Å². The fraction of sp³-hybridized carbons (Fsp3) is 0.600. The summed E-state index contributed by atoms with van der Waals surface area (Å²) in [6.45, 7) is 15.3. The SMILES string of the molecule is C=NN(/C(CBr)=C(\N)C(=O)N(CC(C)C)[C@H]1C[C@@H](C(=O)N2CCOCC2)CN(C(=O)OC(C)(C)C)C1)c1ccccc1F. The molecule has 0 aliphatic carbocycles. The monoisotopic (exact) mass is 666 g/mol. The van der Waals surface area contributed by atoms with E-state index in [1.54, 1.807) is 42.7 Å². The van der Waals surface area contributed by atoms with Crippen molar-refractivity contribution in [1.29, 1.82) is 0 Å². The summed E-state index contributed by atoms with van der Waals surface area (Å²) < 4.78 is 25.8. The van der Waals surface area contributed by atoms with Gasteiger partial charge in [0.2, 0.25) is 5.91 Å². The molecule has 2 atom stereocenters. The van der Waals surface area contributed by atoms with Gasteiger partial charge in [0.15, 0.2) is 0 Å². The third-order valence-corrected chi connectivity index (χ3v) is 7.69. The number of carbonyl (C=O) groups is 3. The van der Waals surface area contributed by atoms with Crippen molar-refractivity contribution in [3.05, 3.63) is 41.5 Å². The Morgan fingerprint density at radius 2 is 1.84 bits per heavy atom. The molecule has 43 heavy (non-hydrogen) atoms. The van der Waals surface area contributed by atoms with E-state index >= 15 is 0 Å². The molecule has 238 valence electrons. The van der Waals surface area contributed by atoms with Crippen LogP contribution in [0.25, 0.3) is 0 Å². The Kier molecular flexibility index (Phi) is 12.0. The van der Waals surface area contributed by atoms with Gasteiger partial charge in [0, 0.05) is 44.8 Å². The van der Waals surface area contributed by atoms with Gasteiger partial charge in [-0.25, -0.2) is 14.2 Å². The number of benzene rings is 1. The summed E-state index contributed by atoms with van der Waals surface area (Å²) in [6.07, 6.45) is -0.220. The van der Waals surface area contributed by atoms with E-state index in [0.29, 0.717) is 39.3 Å². The van der Waals surface area contributed by atoms with Crippen molar-refractivity contribution in [2.24, 2.45) is 22.7 Å². The molecule has 2 fully saturated rings. The van der Waals surface area contributed by atoms with E-state index in [2.05, 4.69) is 27.7 Å². The molecule has 0 spiro atoms. The molecule has 1 aromatic carbocycles. The fourth-order valence-electron chi connectivity index (χ4n) is 5.24. The second kappa shape index (κ2) is 15.0. The number of hydrogen-bond donors (Lipinski definition) is 1. The van der Waals surface area contributed by atoms with Crippen LogP contribution in [-0.4, -0.2) is 102 Å². The summed E-state index contributed by atoms with van der Waals surface area (Å²) in [6, 6.07) is 5.44. The molecule has 0 bridgehead atoms. The van der Waals surface area contributed by atoms with Gasteiger partial charge in [-0.05, 0) is 45.2 Å². The van der Waals surface area contributed by atoms with Gasteiger partial charge < -0.3 is 29.9 Å². The number of anilines is 1. The molecule has 11 nitrogen and oxygen atoms in total. The highest BCUT2D eigenvalue weighted by atomic mass is 79.9. The first kappa shape index (κ1) is 34.3. The van der Waals surface area contributed by atoms with E-state index in [9.17, 15) is 18.8 Å². The normalized spacial score (nSPS) is 19.9. The highest BCUT2D eigenvalue weighted by Gasteiger charge is 2.41. The Hall–Kier alpha value is -3.19. The van der Waals surface area contributed by atoms with Crippen LogP contribution >= 0.6 is 15.9 Å². The maximum atomic E-state index is 14.7. The zero-order chi connectivity index (χ0) is 31.9. The topological polar surface area (TPSA) is 121 Å². The number of hydrogen-bond acceptors (Lipinski definition) is 8. The maximum Gasteiger partial charge on any atom is 0.410 e. The maximum absolute atomic E-state index is 14.7. The summed E-state index contributed by atoms with van der Waals surface area (Å²) in [4.78, 5) is 46.0. The fourth-order valence-corrected chi connectivity index (χ4v) is 5.78. The average molecular weight is 668 g/mol. The molecule has 0 aromatic heterocycles. The molecule has 0 saturated carbocycles. The Morgan fingerprint density at radius 1 is 1.19 bits per heavy atom. The number of likely N-dealkylation sites (tertiary alicyclic amines) is 1. The van der Waals surface area contributed by atoms with E-state index < -0.39 is 35.4 Å². The Bertz CT molecular complexity index is 1200. The number of rotatable bonds is 9. The summed E-state index contributed by atoms with van der Waals surface area (Å²) in [5, 5.41) is 5.24. The number of nitrogens with zero attached hydrogens (tertiary/aromatic N) is 5. The lowest BCUT2D eigenvalue weighted by Crippen LogP contribution is -2.59. The van der Waals surface area contributed by atoms with Crippen molar-refractivity contribution < 1.29 is 28.2 Å². The van der Waals surface area contributed by atoms with Gasteiger partial charge >= 0.3 is 6.09 Å². The van der Waals surface area contributed by atoms with Crippen LogP contribution in [0.1, 0.15) is 41.0 Å². The predicted molar refractivity (Wildman–Crippen MR) is 167 cm³/mol. The van der Waals surface area contributed by atoms with Crippen LogP contribution in [0.4, 0.5) is 14.9 Å². The van der Waals surface area contributed by atoms with Gasteiger partial charge in [0.05, 0.1) is 30.9 Å². The first-order chi connectivity index (χ1) is 20.3. The Morgan fingerprint density at radius 3 is 2.40 bits per heavy atom. The first-order valence-electron chi connectivity index (χ1n) is 14.5. The third-order valence-electron chi connectivity index (χ3n) is 7.16. The van der Waals surface area contributed by atoms with Crippen LogP contribution in [-0.2, 0) is 19.1 Å². The van der Waals surface area contributed by atoms with Crippen LogP contribution in [0.15, 0.2) is 40.8 Å². The van der Waals surface area contributed by atoms with Gasteiger partial charge in [0.1, 0.15) is 22.8 Å². The Labute approximate surface area is 261 Å². The number of nitrogens with two attached hydrogens (primary N) is 1. The standard InChI is InChI=1S/C30H44BrFN6O5/c1-20(2)17-37(28(40)26(33)25(16-31)38(34-6)24-10-8-7-9-23(24)32)22-15-21(27(39)35-11-13-42-14-12-35)18-36(19-22)29(41)43-30(3,4)5/h7-10,20-22H,6,11-19,33H2,1-5H3/b26-25-/t21-,22+/m1/s1. The molecule has 2 aliphatic rings. The van der Waals surface area contributed by atoms with Crippen LogP contribution in [0.5, 0.6) is 0 Å². The molecule has 2 aliphatic heterocycles. The zero-order valence-corrected chi connectivity index (χ0v) is 27.3. The second-order valence-electron chi connectivity index (χ2n) is 12.2. The minimum absolute atomic E-state index is 0.0367. The minimum atomic E-state index is -0.743. The number of amides is 3. The molecule has 1 aromatic rings. The number of para-hydroxylation sites is 1. The number of halogens is 2. The highest BCUT2D eigenvalue weighted by molar-refractivity contribution is 9.09. The minimum Gasteiger partial charge on any atom is -0.444 e. The quantitative estimate of drug-likeness (QED) is 0.184. The number of piperidine rings is 1. The molecule has 3 amide bonds. The number of morpholine rings is 1. The van der Waals surface area contributed by atoms with E-state index in [1.807, 2.05) is 13.8 Å². The molecule has 2 heterocycles. The second-order valence-corrected chi connectivity index (χ2v) is 12.7. The number of alkyl halides is 1. The summed E-state index contributed by atoms with van der Waals surface area (Å²) >= 11 is 3.38. The van der Waals surface area contributed by atoms with Crippen molar-refractivity contribution in [3.8, 4) is 0 Å². The third kappa shape index (κ3) is 8.91. The number of ether oxygens (including phenoxy) is 2. The van der Waals surface area contributed by atoms with Crippen LogP contribution in [0.2, 0.25) is 0 Å². The molecular weight excluding hydrogens is 623 g/mol. The summed E-state index contributed by atoms with van der Waals surface area (Å²) in [7, 11) is 0. The Balaban J connectivity index is 2.01. The van der Waals surface area contributed by atoms with E-state index in [1.165, 1.54) is 22.0 Å². The highest BCUT2D eigenvalue weighted by Crippen LogP contribution is 2.29. The molecular formula is C30H44BrFN6O5. The van der Waals surface area contributed by atoms with Crippen LogP contribution in [0.3, 0.4) is 0 Å². The molecule has 0 radical (unpaired) electrons. The van der Waals surface area contributed by atoms with Crippen molar-refractivity contribution in [2.45, 2.75) is 52.7 Å². The average Bonchev–Trinajstić information content (AvgIpc) is 2.97. The molecule has 2 saturated heterocycles. The van der Waals surface area contributed by atoms with E-state index in [0.717, 1.165) is 0 Å². The molecule has 3 rings (SSSR count). The van der Waals surface area contributed by atoms with Gasteiger partial charge in [-0.15, -0.1) is 0 Å². The van der Waals surface area contributed by atoms with Crippen molar-refractivity contribution >= 4 is 46.2 Å².